The quantitative estimate of drug-likeness (QED) is 0.837. The number of hydrogen-bond acceptors (Lipinski definition) is 4. The van der Waals surface area contributed by atoms with E-state index in [4.69, 9.17) is 9.84 Å². The molecule has 0 bridgehead atoms. The molecule has 1 atom stereocenters. The molecule has 0 saturated carbocycles. The number of carboxylic acid groups (broad SMARTS) is 1. The molecule has 1 aliphatic rings. The zero-order valence-corrected chi connectivity index (χ0v) is 13.5. The van der Waals surface area contributed by atoms with Gasteiger partial charge in [-0.05, 0) is 37.6 Å². The largest absolute Gasteiger partial charge is 0.497 e. The summed E-state index contributed by atoms with van der Waals surface area (Å²) in [5.74, 6) is 0.196. The summed E-state index contributed by atoms with van der Waals surface area (Å²) in [7, 11) is 1.69. The normalized spacial score (nSPS) is 18.1. The van der Waals surface area contributed by atoms with E-state index in [1.165, 1.54) is 5.56 Å². The molecule has 122 valence electrons. The summed E-state index contributed by atoms with van der Waals surface area (Å²) in [4.78, 5) is 15.4. The summed E-state index contributed by atoms with van der Waals surface area (Å²) in [5, 5.41) is 8.69. The molecule has 2 rings (SSSR count). The Bertz CT molecular complexity index is 485. The molecule has 1 saturated heterocycles. The van der Waals surface area contributed by atoms with E-state index < -0.39 is 5.97 Å². The number of carboxylic acids is 1. The summed E-state index contributed by atoms with van der Waals surface area (Å²) < 4.78 is 5.30. The van der Waals surface area contributed by atoms with Crippen LogP contribution in [0, 0.1) is 0 Å². The molecule has 0 spiro atoms. The summed E-state index contributed by atoms with van der Waals surface area (Å²) >= 11 is 0. The van der Waals surface area contributed by atoms with Crippen LogP contribution in [0.2, 0.25) is 0 Å². The zero-order valence-electron chi connectivity index (χ0n) is 13.5. The second-order valence-corrected chi connectivity index (χ2v) is 5.83. The van der Waals surface area contributed by atoms with Crippen LogP contribution in [0.3, 0.4) is 0 Å². The maximum absolute atomic E-state index is 10.6. The fraction of sp³-hybridized carbons (Fsp3) is 0.588. The average molecular weight is 306 g/mol. The van der Waals surface area contributed by atoms with Crippen molar-refractivity contribution in [2.24, 2.45) is 0 Å². The molecular formula is C17H26N2O3. The summed E-state index contributed by atoms with van der Waals surface area (Å²) in [5.41, 5.74) is 1.28. The molecule has 1 aliphatic heterocycles. The molecule has 1 fully saturated rings. The maximum atomic E-state index is 10.6. The van der Waals surface area contributed by atoms with Crippen LogP contribution in [-0.4, -0.2) is 60.7 Å². The number of benzene rings is 1. The SMILES string of the molecule is COc1cccc([C@H](C)N2CCN(CCCC(=O)O)CC2)c1. The molecule has 0 amide bonds. The van der Waals surface area contributed by atoms with E-state index in [1.807, 2.05) is 12.1 Å². The van der Waals surface area contributed by atoms with Crippen LogP contribution in [0.5, 0.6) is 5.75 Å². The van der Waals surface area contributed by atoms with Gasteiger partial charge >= 0.3 is 5.97 Å². The van der Waals surface area contributed by atoms with Crippen molar-refractivity contribution in [1.29, 1.82) is 0 Å². The molecule has 22 heavy (non-hydrogen) atoms. The Kier molecular flexibility index (Phi) is 6.21. The number of piperazine rings is 1. The first-order valence-electron chi connectivity index (χ1n) is 7.92. The molecule has 1 heterocycles. The van der Waals surface area contributed by atoms with E-state index in [1.54, 1.807) is 7.11 Å². The van der Waals surface area contributed by atoms with Crippen molar-refractivity contribution < 1.29 is 14.6 Å². The highest BCUT2D eigenvalue weighted by atomic mass is 16.5. The molecule has 5 nitrogen and oxygen atoms in total. The molecule has 0 aromatic heterocycles. The Morgan fingerprint density at radius 1 is 1.32 bits per heavy atom. The number of ether oxygens (including phenoxy) is 1. The Morgan fingerprint density at radius 2 is 2.05 bits per heavy atom. The van der Waals surface area contributed by atoms with Gasteiger partial charge in [-0.1, -0.05) is 12.1 Å². The van der Waals surface area contributed by atoms with Gasteiger partial charge in [0.2, 0.25) is 0 Å². The van der Waals surface area contributed by atoms with Crippen LogP contribution in [0.4, 0.5) is 0 Å². The lowest BCUT2D eigenvalue weighted by molar-refractivity contribution is -0.137. The van der Waals surface area contributed by atoms with Crippen molar-refractivity contribution in [3.63, 3.8) is 0 Å². The Labute approximate surface area is 132 Å². The first-order chi connectivity index (χ1) is 10.6. The molecular weight excluding hydrogens is 280 g/mol. The first kappa shape index (κ1) is 16.8. The highest BCUT2D eigenvalue weighted by molar-refractivity contribution is 5.66. The fourth-order valence-corrected chi connectivity index (χ4v) is 2.94. The van der Waals surface area contributed by atoms with Gasteiger partial charge < -0.3 is 14.7 Å². The summed E-state index contributed by atoms with van der Waals surface area (Å²) in [6, 6.07) is 8.62. The third-order valence-corrected chi connectivity index (χ3v) is 4.40. The van der Waals surface area contributed by atoms with Crippen molar-refractivity contribution in [3.8, 4) is 5.75 Å². The molecule has 1 N–H and O–H groups in total. The molecule has 1 aromatic rings. The van der Waals surface area contributed by atoms with E-state index in [2.05, 4.69) is 28.9 Å². The van der Waals surface area contributed by atoms with Crippen LogP contribution in [0.1, 0.15) is 31.4 Å². The second kappa shape index (κ2) is 8.15. The Balaban J connectivity index is 1.81. The van der Waals surface area contributed by atoms with Gasteiger partial charge in [-0.2, -0.15) is 0 Å². The van der Waals surface area contributed by atoms with Crippen molar-refractivity contribution in [2.75, 3.05) is 39.8 Å². The first-order valence-corrected chi connectivity index (χ1v) is 7.92. The van der Waals surface area contributed by atoms with E-state index in [-0.39, 0.29) is 6.42 Å². The Morgan fingerprint density at radius 3 is 2.68 bits per heavy atom. The van der Waals surface area contributed by atoms with Crippen LogP contribution < -0.4 is 4.74 Å². The molecule has 0 aliphatic carbocycles. The monoisotopic (exact) mass is 306 g/mol. The van der Waals surface area contributed by atoms with Crippen molar-refractivity contribution >= 4 is 5.97 Å². The van der Waals surface area contributed by atoms with Crippen LogP contribution in [0.25, 0.3) is 0 Å². The lowest BCUT2D eigenvalue weighted by atomic mass is 10.1. The van der Waals surface area contributed by atoms with Crippen molar-refractivity contribution in [1.82, 2.24) is 9.80 Å². The van der Waals surface area contributed by atoms with Crippen molar-refractivity contribution in [2.45, 2.75) is 25.8 Å². The van der Waals surface area contributed by atoms with E-state index in [9.17, 15) is 4.79 Å². The summed E-state index contributed by atoms with van der Waals surface area (Å²) in [6.45, 7) is 7.17. The lowest BCUT2D eigenvalue weighted by Crippen LogP contribution is -2.47. The average Bonchev–Trinajstić information content (AvgIpc) is 2.54. The van der Waals surface area contributed by atoms with Crippen molar-refractivity contribution in [3.05, 3.63) is 29.8 Å². The van der Waals surface area contributed by atoms with Crippen LogP contribution in [0.15, 0.2) is 24.3 Å². The smallest absolute Gasteiger partial charge is 0.303 e. The van der Waals surface area contributed by atoms with Gasteiger partial charge in [0.05, 0.1) is 7.11 Å². The molecule has 1 aromatic carbocycles. The number of nitrogens with zero attached hydrogens (tertiary/aromatic N) is 2. The number of aliphatic carboxylic acids is 1. The highest BCUT2D eigenvalue weighted by Crippen LogP contribution is 2.24. The minimum atomic E-state index is -0.703. The molecule has 5 heteroatoms. The highest BCUT2D eigenvalue weighted by Gasteiger charge is 2.22. The van der Waals surface area contributed by atoms with Gasteiger partial charge in [0.15, 0.2) is 0 Å². The van der Waals surface area contributed by atoms with Crippen LogP contribution in [-0.2, 0) is 4.79 Å². The van der Waals surface area contributed by atoms with E-state index in [0.29, 0.717) is 6.04 Å². The minimum Gasteiger partial charge on any atom is -0.497 e. The fourth-order valence-electron chi connectivity index (χ4n) is 2.94. The zero-order chi connectivity index (χ0) is 15.9. The van der Waals surface area contributed by atoms with Gasteiger partial charge in [0.1, 0.15) is 5.75 Å². The standard InChI is InChI=1S/C17H26N2O3/c1-14(15-5-3-6-16(13-15)22-2)19-11-9-18(10-12-19)8-4-7-17(20)21/h3,5-6,13-14H,4,7-12H2,1-2H3,(H,20,21)/t14-/m0/s1. The van der Waals surface area contributed by atoms with E-state index in [0.717, 1.165) is 44.9 Å². The number of hydrogen-bond donors (Lipinski definition) is 1. The lowest BCUT2D eigenvalue weighted by Gasteiger charge is -2.38. The second-order valence-electron chi connectivity index (χ2n) is 5.83. The maximum Gasteiger partial charge on any atom is 0.303 e. The topological polar surface area (TPSA) is 53.0 Å². The van der Waals surface area contributed by atoms with Gasteiger partial charge in [-0.25, -0.2) is 0 Å². The van der Waals surface area contributed by atoms with Gasteiger partial charge in [0.25, 0.3) is 0 Å². The van der Waals surface area contributed by atoms with Crippen LogP contribution >= 0.6 is 0 Å². The van der Waals surface area contributed by atoms with E-state index >= 15 is 0 Å². The predicted molar refractivity (Wildman–Crippen MR) is 86.3 cm³/mol. The third kappa shape index (κ3) is 4.71. The molecule has 0 unspecified atom stereocenters. The van der Waals surface area contributed by atoms with Gasteiger partial charge in [-0.3, -0.25) is 9.69 Å². The molecule has 0 radical (unpaired) electrons. The van der Waals surface area contributed by atoms with Gasteiger partial charge in [-0.15, -0.1) is 0 Å². The third-order valence-electron chi connectivity index (χ3n) is 4.40. The predicted octanol–water partition coefficient (Wildman–Crippen LogP) is 2.24. The number of carbonyl (C=O) groups is 1. The minimum absolute atomic E-state index is 0.264. The summed E-state index contributed by atoms with van der Waals surface area (Å²) in [6.07, 6.45) is 1.00. The van der Waals surface area contributed by atoms with Gasteiger partial charge in [0, 0.05) is 38.6 Å². The number of methoxy groups -OCH3 is 1. The Hall–Kier alpha value is -1.59. The number of rotatable bonds is 7.